The molecule has 4 aromatic rings. The third kappa shape index (κ3) is 3.26. The van der Waals surface area contributed by atoms with Crippen LogP contribution in [0.2, 0.25) is 0 Å². The van der Waals surface area contributed by atoms with Crippen molar-refractivity contribution in [1.29, 1.82) is 0 Å². The van der Waals surface area contributed by atoms with Crippen LogP contribution in [0.5, 0.6) is 0 Å². The average Bonchev–Trinajstić information content (AvgIpc) is 3.20. The molecule has 1 saturated heterocycles. The van der Waals surface area contributed by atoms with Gasteiger partial charge in [-0.05, 0) is 61.9 Å². The van der Waals surface area contributed by atoms with Crippen LogP contribution >= 0.6 is 0 Å². The van der Waals surface area contributed by atoms with Crippen molar-refractivity contribution in [2.75, 3.05) is 18.0 Å². The number of anilines is 1. The Bertz CT molecular complexity index is 1410. The molecule has 8 heteroatoms. The summed E-state index contributed by atoms with van der Waals surface area (Å²) in [5, 5.41) is 9.16. The van der Waals surface area contributed by atoms with Crippen LogP contribution in [0.15, 0.2) is 52.4 Å². The molecule has 1 aliphatic rings. The summed E-state index contributed by atoms with van der Waals surface area (Å²) < 4.78 is 28.7. The number of hydrogen-bond acceptors (Lipinski definition) is 6. The molecule has 0 aliphatic carbocycles. The number of nitrogens with zero attached hydrogens (tertiary/aromatic N) is 5. The van der Waals surface area contributed by atoms with E-state index >= 15 is 0 Å². The van der Waals surface area contributed by atoms with Crippen LogP contribution in [0.1, 0.15) is 30.9 Å². The molecule has 0 bridgehead atoms. The second kappa shape index (κ2) is 7.30. The maximum Gasteiger partial charge on any atom is 0.229 e. The van der Waals surface area contributed by atoms with E-state index in [-0.39, 0.29) is 15.6 Å². The largest absolute Gasteiger partial charge is 0.356 e. The summed E-state index contributed by atoms with van der Waals surface area (Å²) in [4.78, 5) is 7.36. The molecule has 1 fully saturated rings. The van der Waals surface area contributed by atoms with Crippen molar-refractivity contribution < 1.29 is 8.42 Å². The summed E-state index contributed by atoms with van der Waals surface area (Å²) in [6.45, 7) is 7.71. The molecular weight excluding hydrogens is 410 g/mol. The number of aromatic nitrogens is 4. The Balaban J connectivity index is 1.77. The molecule has 3 heterocycles. The van der Waals surface area contributed by atoms with Crippen molar-refractivity contribution in [2.45, 2.75) is 43.5 Å². The molecule has 0 spiro atoms. The number of para-hydroxylation sites is 1. The van der Waals surface area contributed by atoms with Gasteiger partial charge in [0, 0.05) is 18.5 Å². The first-order valence-electron chi connectivity index (χ1n) is 10.6. The molecule has 0 unspecified atom stereocenters. The van der Waals surface area contributed by atoms with Crippen LogP contribution in [-0.4, -0.2) is 41.3 Å². The number of hydrogen-bond donors (Lipinski definition) is 0. The Morgan fingerprint density at radius 2 is 1.90 bits per heavy atom. The number of benzene rings is 2. The fourth-order valence-corrected chi connectivity index (χ4v) is 5.98. The quantitative estimate of drug-likeness (QED) is 0.485. The zero-order valence-electron chi connectivity index (χ0n) is 17.9. The summed E-state index contributed by atoms with van der Waals surface area (Å²) in [6.07, 6.45) is 2.28. The second-order valence-corrected chi connectivity index (χ2v) is 10.4. The number of piperidine rings is 1. The average molecular weight is 436 g/mol. The molecule has 0 amide bonds. The fraction of sp³-hybridized carbons (Fsp3) is 0.348. The summed E-state index contributed by atoms with van der Waals surface area (Å²) in [5.41, 5.74) is 2.63. The monoisotopic (exact) mass is 435 g/mol. The minimum Gasteiger partial charge on any atom is -0.356 e. The maximum atomic E-state index is 13.6. The van der Waals surface area contributed by atoms with Gasteiger partial charge < -0.3 is 4.90 Å². The van der Waals surface area contributed by atoms with Crippen LogP contribution in [0.3, 0.4) is 0 Å². The SMILES string of the molecule is Cc1ccc(C)c(S(=O)(=O)c2nnn3c2nc(N2CCC[C@H](C)C2)c2ccccc23)c1. The van der Waals surface area contributed by atoms with E-state index in [1.54, 1.807) is 17.5 Å². The topological polar surface area (TPSA) is 80.5 Å². The van der Waals surface area contributed by atoms with E-state index in [4.69, 9.17) is 4.98 Å². The predicted octanol–water partition coefficient (Wildman–Crippen LogP) is 3.96. The van der Waals surface area contributed by atoms with Gasteiger partial charge in [-0.15, -0.1) is 5.10 Å². The Kier molecular flexibility index (Phi) is 4.69. The van der Waals surface area contributed by atoms with Crippen molar-refractivity contribution in [3.8, 4) is 0 Å². The smallest absolute Gasteiger partial charge is 0.229 e. The van der Waals surface area contributed by atoms with Crippen molar-refractivity contribution in [1.82, 2.24) is 19.8 Å². The fourth-order valence-electron chi connectivity index (χ4n) is 4.43. The van der Waals surface area contributed by atoms with Crippen LogP contribution in [-0.2, 0) is 9.84 Å². The van der Waals surface area contributed by atoms with Gasteiger partial charge in [0.2, 0.25) is 14.9 Å². The van der Waals surface area contributed by atoms with Gasteiger partial charge in [0.1, 0.15) is 5.82 Å². The lowest BCUT2D eigenvalue weighted by Crippen LogP contribution is -2.35. The predicted molar refractivity (Wildman–Crippen MR) is 120 cm³/mol. The van der Waals surface area contributed by atoms with E-state index in [2.05, 4.69) is 22.1 Å². The van der Waals surface area contributed by atoms with Crippen LogP contribution in [0, 0.1) is 19.8 Å². The zero-order valence-corrected chi connectivity index (χ0v) is 18.7. The molecule has 0 saturated carbocycles. The van der Waals surface area contributed by atoms with Gasteiger partial charge in [-0.3, -0.25) is 0 Å². The summed E-state index contributed by atoms with van der Waals surface area (Å²) in [7, 11) is -3.88. The highest BCUT2D eigenvalue weighted by Crippen LogP contribution is 2.32. The van der Waals surface area contributed by atoms with Gasteiger partial charge in [-0.25, -0.2) is 13.4 Å². The van der Waals surface area contributed by atoms with Gasteiger partial charge in [0.15, 0.2) is 5.65 Å². The maximum absolute atomic E-state index is 13.6. The molecular formula is C23H25N5O2S. The van der Waals surface area contributed by atoms with E-state index in [0.29, 0.717) is 11.5 Å². The highest BCUT2D eigenvalue weighted by Gasteiger charge is 2.29. The van der Waals surface area contributed by atoms with Crippen LogP contribution in [0.25, 0.3) is 16.6 Å². The first kappa shape index (κ1) is 19.9. The minimum atomic E-state index is -3.88. The summed E-state index contributed by atoms with van der Waals surface area (Å²) in [6, 6.07) is 13.2. The molecule has 7 nitrogen and oxygen atoms in total. The molecule has 1 aliphatic heterocycles. The van der Waals surface area contributed by atoms with Crippen molar-refractivity contribution >= 4 is 32.2 Å². The Hall–Kier alpha value is -3.00. The number of fused-ring (bicyclic) bond motifs is 3. The van der Waals surface area contributed by atoms with E-state index in [9.17, 15) is 8.42 Å². The van der Waals surface area contributed by atoms with Gasteiger partial charge in [-0.2, -0.15) is 4.52 Å². The number of aryl methyl sites for hydroxylation is 2. The third-order valence-electron chi connectivity index (χ3n) is 6.05. The number of rotatable bonds is 3. The Labute approximate surface area is 181 Å². The lowest BCUT2D eigenvalue weighted by molar-refractivity contribution is 0.445. The molecule has 31 heavy (non-hydrogen) atoms. The van der Waals surface area contributed by atoms with Gasteiger partial charge in [0.05, 0.1) is 10.4 Å². The first-order valence-corrected chi connectivity index (χ1v) is 12.1. The van der Waals surface area contributed by atoms with Gasteiger partial charge >= 0.3 is 0 Å². The highest BCUT2D eigenvalue weighted by atomic mass is 32.2. The normalized spacial score (nSPS) is 17.5. The van der Waals surface area contributed by atoms with Crippen molar-refractivity contribution in [3.05, 3.63) is 53.6 Å². The van der Waals surface area contributed by atoms with Crippen molar-refractivity contribution in [2.24, 2.45) is 5.92 Å². The van der Waals surface area contributed by atoms with E-state index in [1.807, 2.05) is 43.3 Å². The minimum absolute atomic E-state index is 0.0988. The summed E-state index contributed by atoms with van der Waals surface area (Å²) in [5.74, 6) is 1.36. The molecule has 0 radical (unpaired) electrons. The molecule has 5 rings (SSSR count). The standard InChI is InChI=1S/C23H25N5O2S/c1-15-10-11-17(3)20(13-15)31(29,30)23-22-24-21(27-12-6-7-16(2)14-27)18-8-4-5-9-19(18)28(22)26-25-23/h4-5,8-11,13,16H,6-7,12,14H2,1-3H3/t16-/m0/s1. The second-order valence-electron chi connectivity index (χ2n) is 8.55. The lowest BCUT2D eigenvalue weighted by atomic mass is 10.00. The third-order valence-corrected chi connectivity index (χ3v) is 7.84. The molecule has 2 aromatic carbocycles. The van der Waals surface area contributed by atoms with Gasteiger partial charge in [0.25, 0.3) is 0 Å². The van der Waals surface area contributed by atoms with E-state index in [0.717, 1.165) is 41.8 Å². The van der Waals surface area contributed by atoms with Crippen LogP contribution < -0.4 is 4.90 Å². The zero-order chi connectivity index (χ0) is 21.8. The highest BCUT2D eigenvalue weighted by molar-refractivity contribution is 7.91. The molecule has 0 N–H and O–H groups in total. The van der Waals surface area contributed by atoms with Gasteiger partial charge in [-0.1, -0.05) is 36.4 Å². The number of sulfone groups is 1. The molecule has 2 aromatic heterocycles. The summed E-state index contributed by atoms with van der Waals surface area (Å²) >= 11 is 0. The molecule has 1 atom stereocenters. The van der Waals surface area contributed by atoms with E-state index < -0.39 is 9.84 Å². The van der Waals surface area contributed by atoms with Crippen molar-refractivity contribution in [3.63, 3.8) is 0 Å². The lowest BCUT2D eigenvalue weighted by Gasteiger charge is -2.32. The van der Waals surface area contributed by atoms with E-state index in [1.165, 1.54) is 6.42 Å². The first-order chi connectivity index (χ1) is 14.9. The Morgan fingerprint density at radius 1 is 1.10 bits per heavy atom. The Morgan fingerprint density at radius 3 is 2.71 bits per heavy atom. The van der Waals surface area contributed by atoms with Crippen LogP contribution in [0.4, 0.5) is 5.82 Å². The molecule has 160 valence electrons.